The van der Waals surface area contributed by atoms with Crippen molar-refractivity contribution >= 4 is 35.6 Å². The molecule has 3 rings (SSSR count). The van der Waals surface area contributed by atoms with Gasteiger partial charge in [-0.3, -0.25) is 0 Å². The number of aliphatic imine (C=N–C) groups is 1. The second-order valence-corrected chi connectivity index (χ2v) is 6.91. The molecule has 0 saturated carbocycles. The van der Waals surface area contributed by atoms with Crippen molar-refractivity contribution < 1.29 is 9.47 Å². The summed E-state index contributed by atoms with van der Waals surface area (Å²) >= 11 is 0. The van der Waals surface area contributed by atoms with E-state index in [0.29, 0.717) is 12.5 Å². The molecule has 2 aromatic rings. The van der Waals surface area contributed by atoms with Gasteiger partial charge in [0, 0.05) is 44.1 Å². The fraction of sp³-hybridized carbons (Fsp3) is 0.600. The number of halogens is 1. The number of pyridine rings is 1. The molecule has 2 aromatic heterocycles. The first-order valence-corrected chi connectivity index (χ1v) is 9.87. The zero-order valence-corrected chi connectivity index (χ0v) is 19.1. The third-order valence-electron chi connectivity index (χ3n) is 4.62. The minimum atomic E-state index is 0. The van der Waals surface area contributed by atoms with Gasteiger partial charge in [0.1, 0.15) is 5.65 Å². The maximum absolute atomic E-state index is 5.74. The molecule has 0 aromatic carbocycles. The normalized spacial score (nSPS) is 16.9. The molecule has 8 heteroatoms. The van der Waals surface area contributed by atoms with E-state index in [4.69, 9.17) is 9.47 Å². The van der Waals surface area contributed by atoms with Gasteiger partial charge in [-0.15, -0.1) is 24.0 Å². The number of aryl methyl sites for hydroxylation is 1. The quantitative estimate of drug-likeness (QED) is 0.239. The second kappa shape index (κ2) is 12.2. The summed E-state index contributed by atoms with van der Waals surface area (Å²) in [5.74, 6) is 1.39. The molecule has 0 bridgehead atoms. The fourth-order valence-corrected chi connectivity index (χ4v) is 3.12. The lowest BCUT2D eigenvalue weighted by molar-refractivity contribution is 0.0888. The van der Waals surface area contributed by atoms with Crippen molar-refractivity contribution in [1.29, 1.82) is 0 Å². The number of hydrogen-bond donors (Lipinski definition) is 2. The molecule has 1 atom stereocenters. The Hall–Kier alpha value is -1.39. The molecule has 1 aliphatic rings. The van der Waals surface area contributed by atoms with Crippen LogP contribution in [0.15, 0.2) is 29.4 Å². The molecular weight excluding hydrogens is 469 g/mol. The van der Waals surface area contributed by atoms with Crippen LogP contribution in [0.3, 0.4) is 0 Å². The summed E-state index contributed by atoms with van der Waals surface area (Å²) in [7, 11) is 0. The minimum Gasteiger partial charge on any atom is -0.381 e. The minimum absolute atomic E-state index is 0. The number of hydrogen-bond acceptors (Lipinski definition) is 4. The van der Waals surface area contributed by atoms with Crippen LogP contribution in [-0.4, -0.2) is 54.9 Å². The summed E-state index contributed by atoms with van der Waals surface area (Å²) in [6.45, 7) is 9.64. The topological polar surface area (TPSA) is 72.2 Å². The molecule has 2 N–H and O–H groups in total. The zero-order valence-electron chi connectivity index (χ0n) is 16.8. The molecule has 28 heavy (non-hydrogen) atoms. The smallest absolute Gasteiger partial charge is 0.191 e. The third kappa shape index (κ3) is 6.89. The Balaban J connectivity index is 0.00000280. The van der Waals surface area contributed by atoms with E-state index in [0.717, 1.165) is 69.7 Å². The van der Waals surface area contributed by atoms with Gasteiger partial charge in [0.25, 0.3) is 0 Å². The number of nitrogens with one attached hydrogen (secondary N) is 2. The molecule has 0 radical (unpaired) electrons. The molecule has 1 unspecified atom stereocenters. The van der Waals surface area contributed by atoms with Crippen molar-refractivity contribution in [2.24, 2.45) is 10.9 Å². The van der Waals surface area contributed by atoms with E-state index in [-0.39, 0.29) is 24.0 Å². The highest BCUT2D eigenvalue weighted by molar-refractivity contribution is 14.0. The molecule has 1 fully saturated rings. The fourth-order valence-electron chi connectivity index (χ4n) is 3.12. The Labute approximate surface area is 184 Å². The van der Waals surface area contributed by atoms with Crippen molar-refractivity contribution in [2.75, 3.05) is 39.5 Å². The van der Waals surface area contributed by atoms with Crippen LogP contribution in [0, 0.1) is 12.8 Å². The first-order chi connectivity index (χ1) is 13.3. The standard InChI is InChI=1S/C20H31N5O2.HI/c1-3-21-20(22-9-5-10-26-14-17-8-11-27-15-17)23-12-18-13-25-16(2)6-4-7-19(25)24-18;/h4,6-7,13,17H,3,5,8-12,14-15H2,1-2H3,(H2,21,22,23);1H. The SMILES string of the molecule is CCNC(=NCc1cn2c(C)cccc2n1)NCCCOCC1CCOC1.I. The zero-order chi connectivity index (χ0) is 18.9. The molecule has 0 spiro atoms. The van der Waals surface area contributed by atoms with Crippen LogP contribution in [0.4, 0.5) is 0 Å². The monoisotopic (exact) mass is 501 g/mol. The van der Waals surface area contributed by atoms with Crippen molar-refractivity contribution in [3.05, 3.63) is 35.8 Å². The van der Waals surface area contributed by atoms with Gasteiger partial charge in [-0.1, -0.05) is 6.07 Å². The molecule has 156 valence electrons. The van der Waals surface area contributed by atoms with Crippen LogP contribution in [-0.2, 0) is 16.0 Å². The summed E-state index contributed by atoms with van der Waals surface area (Å²) < 4.78 is 13.2. The summed E-state index contributed by atoms with van der Waals surface area (Å²) in [4.78, 5) is 9.28. The van der Waals surface area contributed by atoms with Gasteiger partial charge in [-0.05, 0) is 38.8 Å². The summed E-state index contributed by atoms with van der Waals surface area (Å²) in [6.07, 6.45) is 4.13. The van der Waals surface area contributed by atoms with Crippen LogP contribution in [0.5, 0.6) is 0 Å². The van der Waals surface area contributed by atoms with Crippen molar-refractivity contribution in [3.8, 4) is 0 Å². The van der Waals surface area contributed by atoms with Gasteiger partial charge in [-0.25, -0.2) is 9.98 Å². The largest absolute Gasteiger partial charge is 0.381 e. The average Bonchev–Trinajstić information content (AvgIpc) is 3.32. The lowest BCUT2D eigenvalue weighted by Gasteiger charge is -2.12. The lowest BCUT2D eigenvalue weighted by Crippen LogP contribution is -2.38. The molecule has 1 saturated heterocycles. The lowest BCUT2D eigenvalue weighted by atomic mass is 10.1. The highest BCUT2D eigenvalue weighted by atomic mass is 127. The van der Waals surface area contributed by atoms with Gasteiger partial charge in [0.2, 0.25) is 0 Å². The number of imidazole rings is 1. The number of nitrogens with zero attached hydrogens (tertiary/aromatic N) is 3. The maximum atomic E-state index is 5.74. The molecule has 0 amide bonds. The van der Waals surface area contributed by atoms with Gasteiger partial charge >= 0.3 is 0 Å². The Morgan fingerprint density at radius 2 is 2.29 bits per heavy atom. The summed E-state index contributed by atoms with van der Waals surface area (Å²) in [5, 5.41) is 6.64. The number of guanidine groups is 1. The maximum Gasteiger partial charge on any atom is 0.191 e. The first-order valence-electron chi connectivity index (χ1n) is 9.87. The van der Waals surface area contributed by atoms with Crippen LogP contribution in [0.2, 0.25) is 0 Å². The molecule has 1 aliphatic heterocycles. The predicted molar refractivity (Wildman–Crippen MR) is 123 cm³/mol. The van der Waals surface area contributed by atoms with E-state index in [9.17, 15) is 0 Å². The Kier molecular flexibility index (Phi) is 10.0. The van der Waals surface area contributed by atoms with Gasteiger partial charge in [0.05, 0.1) is 25.5 Å². The Morgan fingerprint density at radius 1 is 1.39 bits per heavy atom. The Bertz CT molecular complexity index is 743. The third-order valence-corrected chi connectivity index (χ3v) is 4.62. The van der Waals surface area contributed by atoms with E-state index in [1.54, 1.807) is 0 Å². The van der Waals surface area contributed by atoms with E-state index >= 15 is 0 Å². The van der Waals surface area contributed by atoms with Gasteiger partial charge < -0.3 is 24.5 Å². The number of rotatable bonds is 9. The number of fused-ring (bicyclic) bond motifs is 1. The van der Waals surface area contributed by atoms with Crippen LogP contribution in [0.1, 0.15) is 31.2 Å². The number of ether oxygens (including phenoxy) is 2. The van der Waals surface area contributed by atoms with Crippen LogP contribution >= 0.6 is 24.0 Å². The van der Waals surface area contributed by atoms with Crippen LogP contribution in [0.25, 0.3) is 5.65 Å². The second-order valence-electron chi connectivity index (χ2n) is 6.91. The average molecular weight is 501 g/mol. The van der Waals surface area contributed by atoms with E-state index in [2.05, 4.69) is 51.1 Å². The first kappa shape index (κ1) is 22.9. The highest BCUT2D eigenvalue weighted by Gasteiger charge is 2.15. The van der Waals surface area contributed by atoms with E-state index < -0.39 is 0 Å². The van der Waals surface area contributed by atoms with Crippen LogP contribution < -0.4 is 10.6 Å². The summed E-state index contributed by atoms with van der Waals surface area (Å²) in [5.41, 5.74) is 3.09. The molecule has 7 nitrogen and oxygen atoms in total. The number of aromatic nitrogens is 2. The van der Waals surface area contributed by atoms with E-state index in [1.807, 2.05) is 12.1 Å². The molecule has 0 aliphatic carbocycles. The summed E-state index contributed by atoms with van der Waals surface area (Å²) in [6, 6.07) is 6.12. The highest BCUT2D eigenvalue weighted by Crippen LogP contribution is 2.12. The predicted octanol–water partition coefficient (Wildman–Crippen LogP) is 2.76. The molecule has 3 heterocycles. The van der Waals surface area contributed by atoms with Crippen molar-refractivity contribution in [1.82, 2.24) is 20.0 Å². The molecular formula is C20H32IN5O2. The van der Waals surface area contributed by atoms with Crippen molar-refractivity contribution in [3.63, 3.8) is 0 Å². The van der Waals surface area contributed by atoms with E-state index in [1.165, 1.54) is 5.69 Å². The van der Waals surface area contributed by atoms with Gasteiger partial charge in [-0.2, -0.15) is 0 Å². The van der Waals surface area contributed by atoms with Crippen molar-refractivity contribution in [2.45, 2.75) is 33.2 Å². The van der Waals surface area contributed by atoms with Gasteiger partial charge in [0.15, 0.2) is 5.96 Å². The Morgan fingerprint density at radius 3 is 3.04 bits per heavy atom.